The first kappa shape index (κ1) is 16.8. The van der Waals surface area contributed by atoms with Crippen LogP contribution in [0.15, 0.2) is 36.4 Å². The Bertz CT molecular complexity index is 449. The van der Waals surface area contributed by atoms with Crippen LogP contribution in [0.5, 0.6) is 0 Å². The second-order valence-electron chi connectivity index (χ2n) is 5.63. The summed E-state index contributed by atoms with van der Waals surface area (Å²) in [7, 11) is 0. The Morgan fingerprint density at radius 1 is 1.25 bits per heavy atom. The molecule has 1 atom stereocenters. The summed E-state index contributed by atoms with van der Waals surface area (Å²) in [5, 5.41) is -0.126. The highest BCUT2D eigenvalue weighted by Crippen LogP contribution is 2.10. The molecule has 0 aliphatic rings. The fraction of sp³-hybridized carbons (Fsp3) is 0.471. The van der Waals surface area contributed by atoms with Crippen LogP contribution in [0.4, 0.5) is 0 Å². The van der Waals surface area contributed by atoms with Crippen molar-refractivity contribution in [3.05, 3.63) is 47.5 Å². The van der Waals surface area contributed by atoms with E-state index >= 15 is 0 Å². The quantitative estimate of drug-likeness (QED) is 0.569. The van der Waals surface area contributed by atoms with Crippen molar-refractivity contribution in [2.24, 2.45) is 5.92 Å². The lowest BCUT2D eigenvalue weighted by Crippen LogP contribution is -2.32. The number of hydrogen-bond acceptors (Lipinski definition) is 1. The van der Waals surface area contributed by atoms with E-state index in [2.05, 4.69) is 45.0 Å². The number of nitrogens with zero attached hydrogens (tertiary/aromatic N) is 1. The molecule has 0 saturated carbocycles. The van der Waals surface area contributed by atoms with Crippen molar-refractivity contribution in [3.8, 4) is 0 Å². The highest BCUT2D eigenvalue weighted by atomic mass is 35.5. The van der Waals surface area contributed by atoms with Gasteiger partial charge in [-0.05, 0) is 25.3 Å². The normalized spacial score (nSPS) is 12.9. The number of hydrogen-bond donors (Lipinski definition) is 0. The zero-order valence-corrected chi connectivity index (χ0v) is 13.5. The molecule has 0 spiro atoms. The predicted molar refractivity (Wildman–Crippen MR) is 85.9 cm³/mol. The average molecular weight is 294 g/mol. The molecule has 1 rings (SSSR count). The van der Waals surface area contributed by atoms with E-state index in [9.17, 15) is 4.79 Å². The van der Waals surface area contributed by atoms with E-state index in [4.69, 9.17) is 11.6 Å². The van der Waals surface area contributed by atoms with Gasteiger partial charge >= 0.3 is 0 Å². The van der Waals surface area contributed by atoms with Gasteiger partial charge in [-0.2, -0.15) is 0 Å². The summed E-state index contributed by atoms with van der Waals surface area (Å²) in [6, 6.07) is 8.29. The van der Waals surface area contributed by atoms with Crippen molar-refractivity contribution < 1.29 is 4.79 Å². The largest absolute Gasteiger partial charge is 0.335 e. The van der Waals surface area contributed by atoms with E-state index < -0.39 is 0 Å². The van der Waals surface area contributed by atoms with Gasteiger partial charge in [0.25, 0.3) is 0 Å². The zero-order chi connectivity index (χ0) is 15.1. The van der Waals surface area contributed by atoms with Crippen molar-refractivity contribution in [3.63, 3.8) is 0 Å². The van der Waals surface area contributed by atoms with Crippen LogP contribution in [0, 0.1) is 12.8 Å². The van der Waals surface area contributed by atoms with Gasteiger partial charge in [-0.15, -0.1) is 11.6 Å². The molecule has 1 aromatic carbocycles. The van der Waals surface area contributed by atoms with E-state index in [-0.39, 0.29) is 11.3 Å². The summed E-state index contributed by atoms with van der Waals surface area (Å²) in [6.45, 7) is 9.52. The van der Waals surface area contributed by atoms with Crippen LogP contribution < -0.4 is 0 Å². The molecule has 0 aliphatic heterocycles. The number of carbonyl (C=O) groups is 1. The van der Waals surface area contributed by atoms with Gasteiger partial charge in [0, 0.05) is 24.5 Å². The number of halogens is 1. The molecule has 0 bridgehead atoms. The number of allylic oxidation sites excluding steroid dienone is 1. The second kappa shape index (κ2) is 8.11. The lowest BCUT2D eigenvalue weighted by atomic mass is 10.1. The van der Waals surface area contributed by atoms with Crippen molar-refractivity contribution in [1.29, 1.82) is 0 Å². The molecular weight excluding hydrogens is 270 g/mol. The fourth-order valence-electron chi connectivity index (χ4n) is 1.91. The summed E-state index contributed by atoms with van der Waals surface area (Å²) in [6.07, 6.45) is 3.31. The maximum Gasteiger partial charge on any atom is 0.246 e. The SMILES string of the molecule is Cc1ccc(CN(CC(C)C)C(=O)/C=C/C(C)Cl)cc1. The Hall–Kier alpha value is -1.28. The van der Waals surface area contributed by atoms with E-state index in [1.807, 2.05) is 11.8 Å². The van der Waals surface area contributed by atoms with Gasteiger partial charge in [-0.25, -0.2) is 0 Å². The fourth-order valence-corrected chi connectivity index (χ4v) is 1.98. The molecule has 1 amide bonds. The van der Waals surface area contributed by atoms with Crippen LogP contribution in [0.3, 0.4) is 0 Å². The molecular formula is C17H24ClNO. The standard InChI is InChI=1S/C17H24ClNO/c1-13(2)11-19(17(20)10-7-15(4)18)12-16-8-5-14(3)6-9-16/h5-10,13,15H,11-12H2,1-4H3/b10-7+. The average Bonchev–Trinajstić information content (AvgIpc) is 2.37. The smallest absolute Gasteiger partial charge is 0.246 e. The van der Waals surface area contributed by atoms with Gasteiger partial charge in [0.15, 0.2) is 0 Å². The highest BCUT2D eigenvalue weighted by molar-refractivity contribution is 6.21. The molecule has 1 aromatic rings. The molecule has 0 N–H and O–H groups in total. The summed E-state index contributed by atoms with van der Waals surface area (Å²) in [5.41, 5.74) is 2.38. The molecule has 0 radical (unpaired) electrons. The third-order valence-corrected chi connectivity index (χ3v) is 3.04. The first-order valence-corrected chi connectivity index (χ1v) is 7.49. The minimum Gasteiger partial charge on any atom is -0.335 e. The molecule has 0 heterocycles. The maximum atomic E-state index is 12.2. The van der Waals surface area contributed by atoms with Crippen molar-refractivity contribution in [2.45, 2.75) is 39.6 Å². The topological polar surface area (TPSA) is 20.3 Å². The number of benzene rings is 1. The number of amides is 1. The molecule has 0 saturated heterocycles. The number of carbonyl (C=O) groups excluding carboxylic acids is 1. The molecule has 110 valence electrons. The van der Waals surface area contributed by atoms with E-state index in [0.29, 0.717) is 12.5 Å². The van der Waals surface area contributed by atoms with Crippen LogP contribution in [0.25, 0.3) is 0 Å². The van der Waals surface area contributed by atoms with E-state index in [1.54, 1.807) is 12.2 Å². The van der Waals surface area contributed by atoms with Crippen molar-refractivity contribution in [2.75, 3.05) is 6.54 Å². The van der Waals surface area contributed by atoms with Crippen LogP contribution in [-0.2, 0) is 11.3 Å². The van der Waals surface area contributed by atoms with Gasteiger partial charge in [-0.1, -0.05) is 49.8 Å². The van der Waals surface area contributed by atoms with Crippen LogP contribution in [-0.4, -0.2) is 22.7 Å². The Morgan fingerprint density at radius 3 is 2.35 bits per heavy atom. The first-order chi connectivity index (χ1) is 9.38. The van der Waals surface area contributed by atoms with Crippen molar-refractivity contribution >= 4 is 17.5 Å². The minimum atomic E-state index is -0.126. The Morgan fingerprint density at radius 2 is 1.85 bits per heavy atom. The first-order valence-electron chi connectivity index (χ1n) is 7.05. The van der Waals surface area contributed by atoms with Gasteiger partial charge in [0.2, 0.25) is 5.91 Å². The molecule has 20 heavy (non-hydrogen) atoms. The summed E-state index contributed by atoms with van der Waals surface area (Å²) >= 11 is 5.85. The number of alkyl halides is 1. The van der Waals surface area contributed by atoms with Crippen LogP contribution in [0.1, 0.15) is 31.9 Å². The lowest BCUT2D eigenvalue weighted by molar-refractivity contribution is -0.127. The third-order valence-electron chi connectivity index (χ3n) is 2.90. The minimum absolute atomic E-state index is 0.0202. The summed E-state index contributed by atoms with van der Waals surface area (Å²) in [5.74, 6) is 0.456. The van der Waals surface area contributed by atoms with Crippen LogP contribution >= 0.6 is 11.6 Å². The molecule has 2 nitrogen and oxygen atoms in total. The molecule has 3 heteroatoms. The molecule has 0 fully saturated rings. The van der Waals surface area contributed by atoms with Crippen molar-refractivity contribution in [1.82, 2.24) is 4.90 Å². The predicted octanol–water partition coefficient (Wildman–Crippen LogP) is 4.16. The Labute approximate surface area is 127 Å². The zero-order valence-electron chi connectivity index (χ0n) is 12.8. The summed E-state index contributed by atoms with van der Waals surface area (Å²) < 4.78 is 0. The third kappa shape index (κ3) is 6.25. The number of rotatable bonds is 6. The van der Waals surface area contributed by atoms with E-state index in [0.717, 1.165) is 12.1 Å². The molecule has 0 aliphatic carbocycles. The highest BCUT2D eigenvalue weighted by Gasteiger charge is 2.13. The number of aryl methyl sites for hydroxylation is 1. The van der Waals surface area contributed by atoms with Crippen LogP contribution in [0.2, 0.25) is 0 Å². The van der Waals surface area contributed by atoms with Gasteiger partial charge in [-0.3, -0.25) is 4.79 Å². The molecule has 0 aromatic heterocycles. The second-order valence-corrected chi connectivity index (χ2v) is 6.32. The Balaban J connectivity index is 2.78. The van der Waals surface area contributed by atoms with Gasteiger partial charge in [0.1, 0.15) is 0 Å². The Kier molecular flexibility index (Phi) is 6.80. The molecule has 1 unspecified atom stereocenters. The maximum absolute atomic E-state index is 12.2. The summed E-state index contributed by atoms with van der Waals surface area (Å²) in [4.78, 5) is 14.1. The van der Waals surface area contributed by atoms with Gasteiger partial charge in [0.05, 0.1) is 0 Å². The van der Waals surface area contributed by atoms with E-state index in [1.165, 1.54) is 5.56 Å². The lowest BCUT2D eigenvalue weighted by Gasteiger charge is -2.23. The monoisotopic (exact) mass is 293 g/mol. The van der Waals surface area contributed by atoms with Gasteiger partial charge < -0.3 is 4.90 Å².